The quantitative estimate of drug-likeness (QED) is 0.745. The van der Waals surface area contributed by atoms with Crippen LogP contribution >= 0.6 is 0 Å². The fourth-order valence-corrected chi connectivity index (χ4v) is 2.63. The Morgan fingerprint density at radius 2 is 1.86 bits per heavy atom. The number of nitrogens with one attached hydrogen (secondary N) is 1. The van der Waals surface area contributed by atoms with E-state index in [0.717, 1.165) is 19.1 Å². The van der Waals surface area contributed by atoms with E-state index in [9.17, 15) is 31.5 Å². The van der Waals surface area contributed by atoms with E-state index in [1.165, 1.54) is 6.92 Å². The number of hydrogen-bond donors (Lipinski definition) is 3. The molecule has 6 nitrogen and oxygen atoms in total. The molecule has 0 fully saturated rings. The van der Waals surface area contributed by atoms with Crippen molar-refractivity contribution in [3.8, 4) is 0 Å². The summed E-state index contributed by atoms with van der Waals surface area (Å²) in [5.41, 5.74) is -3.64. The molecule has 1 unspecified atom stereocenters. The molecule has 0 saturated carbocycles. The number of aliphatic carboxylic acids is 1. The molecule has 0 bridgehead atoms. The van der Waals surface area contributed by atoms with Crippen LogP contribution in [0.15, 0.2) is 23.1 Å². The maximum absolute atomic E-state index is 12.8. The fraction of sp³-hybridized carbons (Fsp3) is 0.417. The van der Waals surface area contributed by atoms with Gasteiger partial charge < -0.3 is 10.2 Å². The van der Waals surface area contributed by atoms with Crippen LogP contribution in [0.2, 0.25) is 0 Å². The first-order valence-corrected chi connectivity index (χ1v) is 7.39. The van der Waals surface area contributed by atoms with E-state index in [1.807, 2.05) is 0 Å². The van der Waals surface area contributed by atoms with Gasteiger partial charge in [-0.05, 0) is 31.5 Å². The van der Waals surface area contributed by atoms with Gasteiger partial charge in [0, 0.05) is 0 Å². The average Bonchev–Trinajstić information content (AvgIpc) is 2.35. The Labute approximate surface area is 124 Å². The van der Waals surface area contributed by atoms with E-state index < -0.39 is 44.8 Å². The maximum atomic E-state index is 12.8. The van der Waals surface area contributed by atoms with Gasteiger partial charge in [-0.2, -0.15) is 13.2 Å². The van der Waals surface area contributed by atoms with Crippen molar-refractivity contribution in [3.63, 3.8) is 0 Å². The SMILES string of the molecule is Cc1ccc(S(=O)(=O)NCC(C)(O)C(=O)O)cc1C(F)(F)F. The Kier molecular flexibility index (Phi) is 4.90. The van der Waals surface area contributed by atoms with Gasteiger partial charge in [-0.15, -0.1) is 0 Å². The highest BCUT2D eigenvalue weighted by Gasteiger charge is 2.35. The largest absolute Gasteiger partial charge is 0.479 e. The number of sulfonamides is 1. The lowest BCUT2D eigenvalue weighted by molar-refractivity contribution is -0.155. The van der Waals surface area contributed by atoms with Crippen LogP contribution in [-0.2, 0) is 21.0 Å². The van der Waals surface area contributed by atoms with Crippen LogP contribution in [0.5, 0.6) is 0 Å². The summed E-state index contributed by atoms with van der Waals surface area (Å²) in [6, 6.07) is 2.41. The molecule has 0 aromatic heterocycles. The third-order valence-electron chi connectivity index (χ3n) is 2.89. The topological polar surface area (TPSA) is 104 Å². The van der Waals surface area contributed by atoms with E-state index >= 15 is 0 Å². The number of carboxylic acid groups (broad SMARTS) is 1. The predicted molar refractivity (Wildman–Crippen MR) is 69.6 cm³/mol. The molecule has 1 atom stereocenters. The second-order valence-corrected chi connectivity index (χ2v) is 6.64. The summed E-state index contributed by atoms with van der Waals surface area (Å²) in [5.74, 6) is -1.67. The molecule has 0 heterocycles. The van der Waals surface area contributed by atoms with Crippen molar-refractivity contribution in [2.75, 3.05) is 6.54 Å². The van der Waals surface area contributed by atoms with Crippen molar-refractivity contribution in [2.24, 2.45) is 0 Å². The minimum absolute atomic E-state index is 0.149. The first-order chi connectivity index (χ1) is 9.77. The molecule has 0 aliphatic rings. The van der Waals surface area contributed by atoms with Crippen molar-refractivity contribution in [1.82, 2.24) is 4.72 Å². The van der Waals surface area contributed by atoms with Crippen molar-refractivity contribution < 1.29 is 36.6 Å². The zero-order valence-corrected chi connectivity index (χ0v) is 12.4. The third-order valence-corrected chi connectivity index (χ3v) is 4.29. The van der Waals surface area contributed by atoms with E-state index in [-0.39, 0.29) is 5.56 Å². The number of carbonyl (C=O) groups is 1. The molecule has 1 aromatic rings. The summed E-state index contributed by atoms with van der Waals surface area (Å²) in [7, 11) is -4.40. The van der Waals surface area contributed by atoms with Crippen LogP contribution in [0.1, 0.15) is 18.1 Å². The Balaban J connectivity index is 3.12. The standard InChI is InChI=1S/C12H14F3NO5S/c1-7-3-4-8(5-9(7)12(13,14)15)22(20,21)16-6-11(2,19)10(17)18/h3-5,16,19H,6H2,1-2H3,(H,17,18). The van der Waals surface area contributed by atoms with E-state index in [2.05, 4.69) is 0 Å². The van der Waals surface area contributed by atoms with Crippen LogP contribution < -0.4 is 4.72 Å². The molecule has 0 saturated heterocycles. The van der Waals surface area contributed by atoms with Crippen LogP contribution in [0, 0.1) is 6.92 Å². The molecule has 0 aliphatic carbocycles. The predicted octanol–water partition coefficient (Wildman–Crippen LogP) is 1.13. The number of rotatable bonds is 5. The van der Waals surface area contributed by atoms with Crippen molar-refractivity contribution in [3.05, 3.63) is 29.3 Å². The van der Waals surface area contributed by atoms with Gasteiger partial charge in [0.05, 0.1) is 17.0 Å². The minimum atomic E-state index is -4.72. The monoisotopic (exact) mass is 341 g/mol. The molecule has 0 aliphatic heterocycles. The normalized spacial score (nSPS) is 15.4. The third kappa shape index (κ3) is 4.18. The van der Waals surface area contributed by atoms with Gasteiger partial charge >= 0.3 is 12.1 Å². The molecule has 1 aromatic carbocycles. The summed E-state index contributed by atoms with van der Waals surface area (Å²) in [6.45, 7) is 1.15. The summed E-state index contributed by atoms with van der Waals surface area (Å²) < 4.78 is 63.9. The van der Waals surface area contributed by atoms with E-state index in [4.69, 9.17) is 5.11 Å². The highest BCUT2D eigenvalue weighted by molar-refractivity contribution is 7.89. The summed E-state index contributed by atoms with van der Waals surface area (Å²) >= 11 is 0. The first kappa shape index (κ1) is 18.4. The van der Waals surface area contributed by atoms with Crippen LogP contribution in [0.25, 0.3) is 0 Å². The van der Waals surface area contributed by atoms with Gasteiger partial charge in [0.2, 0.25) is 10.0 Å². The Bertz CT molecular complexity index is 682. The molecule has 0 spiro atoms. The molecule has 124 valence electrons. The molecule has 0 radical (unpaired) electrons. The molecule has 1 rings (SSSR count). The second kappa shape index (κ2) is 5.86. The number of aryl methyl sites for hydroxylation is 1. The smallest absolute Gasteiger partial charge is 0.416 e. The summed E-state index contributed by atoms with van der Waals surface area (Å²) in [4.78, 5) is 10.00. The zero-order valence-electron chi connectivity index (χ0n) is 11.6. The number of halogens is 3. The molecule has 10 heteroatoms. The highest BCUT2D eigenvalue weighted by Crippen LogP contribution is 2.33. The van der Waals surface area contributed by atoms with Gasteiger partial charge in [0.15, 0.2) is 5.60 Å². The average molecular weight is 341 g/mol. The molecular weight excluding hydrogens is 327 g/mol. The Morgan fingerprint density at radius 3 is 2.32 bits per heavy atom. The lowest BCUT2D eigenvalue weighted by Crippen LogP contribution is -2.46. The van der Waals surface area contributed by atoms with Crippen molar-refractivity contribution in [1.29, 1.82) is 0 Å². The minimum Gasteiger partial charge on any atom is -0.479 e. The number of alkyl halides is 3. The van der Waals surface area contributed by atoms with Gasteiger partial charge in [-0.1, -0.05) is 6.07 Å². The van der Waals surface area contributed by atoms with Gasteiger partial charge in [-0.3, -0.25) is 0 Å². The number of carboxylic acids is 1. The van der Waals surface area contributed by atoms with Crippen LogP contribution in [-0.4, -0.2) is 36.7 Å². The van der Waals surface area contributed by atoms with Gasteiger partial charge in [0.25, 0.3) is 0 Å². The molecule has 3 N–H and O–H groups in total. The Morgan fingerprint density at radius 1 is 1.32 bits per heavy atom. The summed E-state index contributed by atoms with van der Waals surface area (Å²) in [6.07, 6.45) is -4.72. The Hall–Kier alpha value is -1.65. The highest BCUT2D eigenvalue weighted by atomic mass is 32.2. The molecular formula is C12H14F3NO5S. The maximum Gasteiger partial charge on any atom is 0.416 e. The number of benzene rings is 1. The number of aliphatic hydroxyl groups is 1. The molecule has 22 heavy (non-hydrogen) atoms. The molecule has 0 amide bonds. The van der Waals surface area contributed by atoms with Gasteiger partial charge in [-0.25, -0.2) is 17.9 Å². The first-order valence-electron chi connectivity index (χ1n) is 5.91. The fourth-order valence-electron chi connectivity index (χ4n) is 1.47. The van der Waals surface area contributed by atoms with E-state index in [1.54, 1.807) is 4.72 Å². The zero-order chi connectivity index (χ0) is 17.3. The second-order valence-electron chi connectivity index (χ2n) is 4.88. The van der Waals surface area contributed by atoms with Crippen LogP contribution in [0.4, 0.5) is 13.2 Å². The van der Waals surface area contributed by atoms with Crippen LogP contribution in [0.3, 0.4) is 0 Å². The van der Waals surface area contributed by atoms with Crippen molar-refractivity contribution in [2.45, 2.75) is 30.5 Å². The number of hydrogen-bond acceptors (Lipinski definition) is 4. The summed E-state index contributed by atoms with van der Waals surface area (Å²) in [5, 5.41) is 18.1. The lowest BCUT2D eigenvalue weighted by Gasteiger charge is -2.19. The lowest BCUT2D eigenvalue weighted by atomic mass is 10.1. The van der Waals surface area contributed by atoms with Crippen molar-refractivity contribution >= 4 is 16.0 Å². The van der Waals surface area contributed by atoms with Gasteiger partial charge in [0.1, 0.15) is 0 Å². The van der Waals surface area contributed by atoms with E-state index in [0.29, 0.717) is 6.07 Å².